The number of nitrogens with one attached hydrogen (secondary N) is 1. The van der Waals surface area contributed by atoms with Crippen molar-refractivity contribution in [3.8, 4) is 0 Å². The predicted molar refractivity (Wildman–Crippen MR) is 58.4 cm³/mol. The van der Waals surface area contributed by atoms with Gasteiger partial charge in [0.25, 0.3) is 0 Å². The van der Waals surface area contributed by atoms with E-state index in [0.717, 1.165) is 11.4 Å². The highest BCUT2D eigenvalue weighted by Crippen LogP contribution is 2.07. The molecule has 0 bridgehead atoms. The minimum absolute atomic E-state index is 0.205. The van der Waals surface area contributed by atoms with Gasteiger partial charge in [-0.05, 0) is 24.3 Å². The average Bonchev–Trinajstić information content (AvgIpc) is 2.28. The van der Waals surface area contributed by atoms with Gasteiger partial charge in [-0.3, -0.25) is 4.79 Å². The van der Waals surface area contributed by atoms with Gasteiger partial charge < -0.3 is 10.1 Å². The van der Waals surface area contributed by atoms with Gasteiger partial charge in [0.2, 0.25) is 0 Å². The largest absolute Gasteiger partial charge is 0.469 e. The second kappa shape index (κ2) is 5.80. The molecule has 0 saturated carbocycles. The van der Waals surface area contributed by atoms with Gasteiger partial charge in [0.1, 0.15) is 5.82 Å². The number of nitrogens with zero attached hydrogens (tertiary/aromatic N) is 1. The molecule has 4 heteroatoms. The molecule has 80 valence electrons. The number of esters is 1. The highest BCUT2D eigenvalue weighted by Gasteiger charge is 2.01. The maximum absolute atomic E-state index is 10.9. The van der Waals surface area contributed by atoms with Gasteiger partial charge in [-0.15, -0.1) is 0 Å². The summed E-state index contributed by atoms with van der Waals surface area (Å²) < 4.78 is 4.55. The van der Waals surface area contributed by atoms with Crippen molar-refractivity contribution in [1.82, 2.24) is 4.98 Å². The molecular weight excluding hydrogens is 192 g/mol. The topological polar surface area (TPSA) is 51.2 Å². The lowest BCUT2D eigenvalue weighted by Gasteiger charge is -2.02. The van der Waals surface area contributed by atoms with E-state index in [9.17, 15) is 4.79 Å². The van der Waals surface area contributed by atoms with E-state index in [0.29, 0.717) is 12.8 Å². The summed E-state index contributed by atoms with van der Waals surface area (Å²) in [5, 5.41) is 2.87. The Hall–Kier alpha value is -1.84. The minimum Gasteiger partial charge on any atom is -0.469 e. The molecule has 1 aromatic rings. The van der Waals surface area contributed by atoms with E-state index in [-0.39, 0.29) is 5.97 Å². The van der Waals surface area contributed by atoms with Crippen LogP contribution in [0.3, 0.4) is 0 Å². The Morgan fingerprint density at radius 1 is 1.67 bits per heavy atom. The first kappa shape index (κ1) is 11.2. The van der Waals surface area contributed by atoms with Gasteiger partial charge in [-0.1, -0.05) is 12.6 Å². The molecule has 15 heavy (non-hydrogen) atoms. The van der Waals surface area contributed by atoms with E-state index in [2.05, 4.69) is 21.6 Å². The molecule has 0 aliphatic heterocycles. The maximum atomic E-state index is 10.9. The lowest BCUT2D eigenvalue weighted by molar-refractivity contribution is -0.140. The summed E-state index contributed by atoms with van der Waals surface area (Å²) in [5.41, 5.74) is 1.01. The highest BCUT2D eigenvalue weighted by molar-refractivity contribution is 5.69. The van der Waals surface area contributed by atoms with E-state index in [4.69, 9.17) is 0 Å². The Balaban J connectivity index is 2.49. The minimum atomic E-state index is -0.205. The van der Waals surface area contributed by atoms with Crippen LogP contribution in [0.4, 0.5) is 5.82 Å². The molecule has 0 amide bonds. The van der Waals surface area contributed by atoms with Gasteiger partial charge in [-0.25, -0.2) is 4.98 Å². The lowest BCUT2D eigenvalue weighted by atomic mass is 10.1. The van der Waals surface area contributed by atoms with Crippen LogP contribution in [0.1, 0.15) is 12.0 Å². The first-order valence-corrected chi connectivity index (χ1v) is 4.65. The van der Waals surface area contributed by atoms with Crippen LogP contribution in [-0.4, -0.2) is 18.1 Å². The summed E-state index contributed by atoms with van der Waals surface area (Å²) in [4.78, 5) is 15.0. The standard InChI is InChI=1S/C11H14N2O2/c1-3-12-10-6-4-9(8-13-10)5-7-11(14)15-2/h3-4,6,8H,1,5,7H2,2H3,(H,12,13). The zero-order valence-electron chi connectivity index (χ0n) is 8.69. The molecule has 4 nitrogen and oxygen atoms in total. The molecule has 1 rings (SSSR count). The Morgan fingerprint density at radius 3 is 3.00 bits per heavy atom. The summed E-state index contributed by atoms with van der Waals surface area (Å²) in [6, 6.07) is 3.76. The molecule has 0 aliphatic rings. The number of hydrogen-bond acceptors (Lipinski definition) is 4. The number of hydrogen-bond donors (Lipinski definition) is 1. The quantitative estimate of drug-likeness (QED) is 0.745. The van der Waals surface area contributed by atoms with Crippen molar-refractivity contribution < 1.29 is 9.53 Å². The molecule has 0 atom stereocenters. The predicted octanol–water partition coefficient (Wildman–Crippen LogP) is 1.74. The number of aryl methyl sites for hydroxylation is 1. The van der Waals surface area contributed by atoms with Crippen molar-refractivity contribution in [2.24, 2.45) is 0 Å². The average molecular weight is 206 g/mol. The molecule has 0 aliphatic carbocycles. The van der Waals surface area contributed by atoms with Gasteiger partial charge >= 0.3 is 5.97 Å². The molecule has 1 aromatic heterocycles. The van der Waals surface area contributed by atoms with Gasteiger partial charge in [-0.2, -0.15) is 0 Å². The number of aromatic nitrogens is 1. The summed E-state index contributed by atoms with van der Waals surface area (Å²) in [5.74, 6) is 0.537. The van der Waals surface area contributed by atoms with Crippen LogP contribution < -0.4 is 5.32 Å². The van der Waals surface area contributed by atoms with Crippen molar-refractivity contribution >= 4 is 11.8 Å². The fourth-order valence-corrected chi connectivity index (χ4v) is 1.11. The number of carbonyl (C=O) groups is 1. The second-order valence-electron chi connectivity index (χ2n) is 2.98. The van der Waals surface area contributed by atoms with Crippen LogP contribution in [0.2, 0.25) is 0 Å². The van der Waals surface area contributed by atoms with Gasteiger partial charge in [0.15, 0.2) is 0 Å². The van der Waals surface area contributed by atoms with E-state index in [1.165, 1.54) is 7.11 Å². The van der Waals surface area contributed by atoms with Crippen molar-refractivity contribution in [3.63, 3.8) is 0 Å². The van der Waals surface area contributed by atoms with E-state index in [1.54, 1.807) is 12.4 Å². The number of methoxy groups -OCH3 is 1. The fraction of sp³-hybridized carbons (Fsp3) is 0.273. The number of ether oxygens (including phenoxy) is 1. The zero-order chi connectivity index (χ0) is 11.1. The Morgan fingerprint density at radius 2 is 2.47 bits per heavy atom. The van der Waals surface area contributed by atoms with Gasteiger partial charge in [0.05, 0.1) is 7.11 Å². The summed E-state index contributed by atoms with van der Waals surface area (Å²) in [7, 11) is 1.39. The summed E-state index contributed by atoms with van der Waals surface area (Å²) in [6.45, 7) is 3.54. The molecular formula is C11H14N2O2. The highest BCUT2D eigenvalue weighted by atomic mass is 16.5. The molecule has 0 fully saturated rings. The third-order valence-electron chi connectivity index (χ3n) is 1.92. The van der Waals surface area contributed by atoms with Gasteiger partial charge in [0, 0.05) is 12.6 Å². The second-order valence-corrected chi connectivity index (χ2v) is 2.98. The van der Waals surface area contributed by atoms with Crippen LogP contribution in [0.25, 0.3) is 0 Å². The molecule has 0 radical (unpaired) electrons. The molecule has 0 unspecified atom stereocenters. The van der Waals surface area contributed by atoms with Crippen molar-refractivity contribution in [3.05, 3.63) is 36.7 Å². The number of anilines is 1. The first-order valence-electron chi connectivity index (χ1n) is 4.65. The zero-order valence-corrected chi connectivity index (χ0v) is 8.69. The first-order chi connectivity index (χ1) is 7.26. The summed E-state index contributed by atoms with van der Waals surface area (Å²) >= 11 is 0. The van der Waals surface area contributed by atoms with E-state index < -0.39 is 0 Å². The molecule has 0 spiro atoms. The Labute approximate surface area is 89.0 Å². The monoisotopic (exact) mass is 206 g/mol. The van der Waals surface area contributed by atoms with Crippen LogP contribution in [0.15, 0.2) is 31.1 Å². The smallest absolute Gasteiger partial charge is 0.305 e. The molecule has 1 N–H and O–H groups in total. The number of rotatable bonds is 5. The lowest BCUT2D eigenvalue weighted by Crippen LogP contribution is -2.02. The Bertz CT molecular complexity index is 333. The van der Waals surface area contributed by atoms with Crippen LogP contribution in [0, 0.1) is 0 Å². The number of carbonyl (C=O) groups excluding carboxylic acids is 1. The molecule has 0 saturated heterocycles. The van der Waals surface area contributed by atoms with Crippen LogP contribution in [0.5, 0.6) is 0 Å². The number of pyridine rings is 1. The third kappa shape index (κ3) is 3.81. The summed E-state index contributed by atoms with van der Waals surface area (Å²) in [6.07, 6.45) is 4.33. The SMILES string of the molecule is C=CNc1ccc(CCC(=O)OC)cn1. The van der Waals surface area contributed by atoms with Crippen molar-refractivity contribution in [2.75, 3.05) is 12.4 Å². The van der Waals surface area contributed by atoms with Crippen molar-refractivity contribution in [2.45, 2.75) is 12.8 Å². The Kier molecular flexibility index (Phi) is 4.34. The van der Waals surface area contributed by atoms with Crippen LogP contribution >= 0.6 is 0 Å². The van der Waals surface area contributed by atoms with Crippen molar-refractivity contribution in [1.29, 1.82) is 0 Å². The normalized spacial score (nSPS) is 9.40. The van der Waals surface area contributed by atoms with E-state index in [1.807, 2.05) is 12.1 Å². The maximum Gasteiger partial charge on any atom is 0.305 e. The van der Waals surface area contributed by atoms with Crippen LogP contribution in [-0.2, 0) is 16.0 Å². The molecule has 1 heterocycles. The van der Waals surface area contributed by atoms with E-state index >= 15 is 0 Å². The fourth-order valence-electron chi connectivity index (χ4n) is 1.11. The third-order valence-corrected chi connectivity index (χ3v) is 1.92. The molecule has 0 aromatic carbocycles.